The molecule has 3 aromatic heterocycles. The molecule has 0 atom stereocenters. The maximum Gasteiger partial charge on any atom is 0.272 e. The number of pyridine rings is 2. The van der Waals surface area contributed by atoms with Crippen LogP contribution >= 0.6 is 11.6 Å². The van der Waals surface area contributed by atoms with E-state index >= 15 is 0 Å². The average molecular weight is 420 g/mol. The van der Waals surface area contributed by atoms with Crippen molar-refractivity contribution in [1.82, 2.24) is 14.5 Å². The lowest BCUT2D eigenvalue weighted by atomic mass is 10.0. The molecule has 1 aliphatic heterocycles. The Morgan fingerprint density at radius 3 is 2.73 bits per heavy atom. The highest BCUT2D eigenvalue weighted by Gasteiger charge is 2.27. The van der Waals surface area contributed by atoms with E-state index in [4.69, 9.17) is 16.6 Å². The number of aromatic amines is 1. The molecular weight excluding hydrogens is 402 g/mol. The number of fused-ring (bicyclic) bond motifs is 2. The molecule has 1 amide bonds. The van der Waals surface area contributed by atoms with Gasteiger partial charge in [-0.3, -0.25) is 9.59 Å². The molecule has 7 nitrogen and oxygen atoms in total. The Balaban J connectivity index is 1.82. The highest BCUT2D eigenvalue weighted by Crippen LogP contribution is 2.43. The minimum atomic E-state index is -0.171. The Morgan fingerprint density at radius 2 is 2.00 bits per heavy atom. The molecule has 5 rings (SSSR count). The van der Waals surface area contributed by atoms with E-state index in [9.17, 15) is 9.59 Å². The molecule has 0 saturated carbocycles. The second-order valence-electron chi connectivity index (χ2n) is 7.36. The van der Waals surface area contributed by atoms with Crippen LogP contribution in [0.5, 0.6) is 0 Å². The second kappa shape index (κ2) is 6.74. The first-order chi connectivity index (χ1) is 14.4. The van der Waals surface area contributed by atoms with E-state index in [0.717, 1.165) is 33.6 Å². The third kappa shape index (κ3) is 2.86. The Kier molecular flexibility index (Phi) is 4.15. The van der Waals surface area contributed by atoms with Gasteiger partial charge in [-0.25, -0.2) is 4.98 Å². The lowest BCUT2D eigenvalue weighted by Crippen LogP contribution is -2.19. The van der Waals surface area contributed by atoms with Gasteiger partial charge in [-0.2, -0.15) is 0 Å². The first kappa shape index (κ1) is 18.4. The molecule has 0 fully saturated rings. The van der Waals surface area contributed by atoms with Crippen molar-refractivity contribution in [2.45, 2.75) is 13.5 Å². The fraction of sp³-hybridized carbons (Fsp3) is 0.136. The SMILES string of the molecule is CC(=O)Nc1cnc2c(c1)-c1cn(C)c3c(=O)[nH]cc(c13)CN2c1ccc(Cl)cc1. The van der Waals surface area contributed by atoms with Gasteiger partial charge in [0.2, 0.25) is 5.91 Å². The molecule has 0 aliphatic carbocycles. The van der Waals surface area contributed by atoms with Crippen LogP contribution in [0.4, 0.5) is 17.2 Å². The number of carbonyl (C=O) groups excluding carboxylic acids is 1. The standard InChI is InChI=1S/C22H18ClN5O2/c1-12(29)26-15-7-17-18-11-27(2)20-19(18)13(8-25-22(20)30)10-28(21(17)24-9-15)16-5-3-14(23)4-6-16/h3-9,11H,10H2,1-2H3,(H,25,30)(H,26,29). The van der Waals surface area contributed by atoms with Crippen LogP contribution in [0.25, 0.3) is 22.0 Å². The Morgan fingerprint density at radius 1 is 1.23 bits per heavy atom. The zero-order valence-electron chi connectivity index (χ0n) is 16.4. The lowest BCUT2D eigenvalue weighted by molar-refractivity contribution is -0.114. The number of hydrogen-bond donors (Lipinski definition) is 2. The van der Waals surface area contributed by atoms with Gasteiger partial charge in [-0.1, -0.05) is 11.6 Å². The molecule has 0 unspecified atom stereocenters. The van der Waals surface area contributed by atoms with E-state index in [2.05, 4.69) is 15.2 Å². The fourth-order valence-corrected chi connectivity index (χ4v) is 4.20. The van der Waals surface area contributed by atoms with Crippen LogP contribution in [0.15, 0.2) is 53.7 Å². The molecule has 1 aliphatic rings. The average Bonchev–Trinajstić information content (AvgIpc) is 3.00. The summed E-state index contributed by atoms with van der Waals surface area (Å²) in [5.41, 5.74) is 4.71. The summed E-state index contributed by atoms with van der Waals surface area (Å²) in [4.78, 5) is 33.8. The Bertz CT molecular complexity index is 1370. The lowest BCUT2D eigenvalue weighted by Gasteiger charge is -2.25. The van der Waals surface area contributed by atoms with Crippen molar-refractivity contribution in [2.75, 3.05) is 10.2 Å². The minimum Gasteiger partial charge on any atom is -0.345 e. The Hall–Kier alpha value is -3.58. The summed E-state index contributed by atoms with van der Waals surface area (Å²) in [6, 6.07) is 9.45. The van der Waals surface area contributed by atoms with Gasteiger partial charge in [0.05, 0.1) is 18.4 Å². The summed E-state index contributed by atoms with van der Waals surface area (Å²) in [5, 5.41) is 4.34. The van der Waals surface area contributed by atoms with Crippen LogP contribution in [-0.4, -0.2) is 20.4 Å². The number of halogens is 1. The van der Waals surface area contributed by atoms with Crippen LogP contribution < -0.4 is 15.8 Å². The third-order valence-corrected chi connectivity index (χ3v) is 5.55. The van der Waals surface area contributed by atoms with Crippen molar-refractivity contribution in [3.8, 4) is 11.1 Å². The number of benzene rings is 1. The zero-order valence-corrected chi connectivity index (χ0v) is 17.1. The van der Waals surface area contributed by atoms with Crippen molar-refractivity contribution in [3.05, 3.63) is 69.9 Å². The van der Waals surface area contributed by atoms with Gasteiger partial charge < -0.3 is 19.8 Å². The van der Waals surface area contributed by atoms with Gasteiger partial charge in [0, 0.05) is 53.6 Å². The molecule has 30 heavy (non-hydrogen) atoms. The van der Waals surface area contributed by atoms with Crippen LogP contribution in [0.2, 0.25) is 5.02 Å². The quantitative estimate of drug-likeness (QED) is 0.510. The van der Waals surface area contributed by atoms with Crippen molar-refractivity contribution < 1.29 is 4.79 Å². The van der Waals surface area contributed by atoms with Gasteiger partial charge in [-0.15, -0.1) is 0 Å². The minimum absolute atomic E-state index is 0.144. The molecular formula is C22H18ClN5O2. The number of aromatic nitrogens is 3. The van der Waals surface area contributed by atoms with Crippen molar-refractivity contribution >= 4 is 45.6 Å². The summed E-state index contributed by atoms with van der Waals surface area (Å²) in [7, 11) is 1.86. The van der Waals surface area contributed by atoms with E-state index in [-0.39, 0.29) is 11.5 Å². The number of H-pyrrole nitrogens is 1. The molecule has 150 valence electrons. The first-order valence-corrected chi connectivity index (χ1v) is 9.81. The van der Waals surface area contributed by atoms with Crippen LogP contribution in [0.3, 0.4) is 0 Å². The number of aryl methyl sites for hydroxylation is 1. The monoisotopic (exact) mass is 419 g/mol. The highest BCUT2D eigenvalue weighted by molar-refractivity contribution is 6.30. The summed E-state index contributed by atoms with van der Waals surface area (Å²) >= 11 is 6.09. The number of rotatable bonds is 2. The van der Waals surface area contributed by atoms with Crippen LogP contribution in [0, 0.1) is 0 Å². The van der Waals surface area contributed by atoms with Gasteiger partial charge in [-0.05, 0) is 35.9 Å². The maximum atomic E-state index is 12.6. The van der Waals surface area contributed by atoms with E-state index in [1.807, 2.05) is 48.1 Å². The molecule has 0 spiro atoms. The largest absolute Gasteiger partial charge is 0.345 e. The summed E-state index contributed by atoms with van der Waals surface area (Å²) in [6.07, 6.45) is 5.34. The summed E-state index contributed by atoms with van der Waals surface area (Å²) in [6.45, 7) is 1.98. The Labute approximate surface area is 176 Å². The number of carbonyl (C=O) groups is 1. The van der Waals surface area contributed by atoms with E-state index in [1.165, 1.54) is 6.92 Å². The van der Waals surface area contributed by atoms with Crippen molar-refractivity contribution in [3.63, 3.8) is 0 Å². The summed E-state index contributed by atoms with van der Waals surface area (Å²) in [5.74, 6) is 0.567. The van der Waals surface area contributed by atoms with Crippen LogP contribution in [0.1, 0.15) is 12.5 Å². The number of amides is 1. The van der Waals surface area contributed by atoms with Gasteiger partial charge in [0.15, 0.2) is 0 Å². The van der Waals surface area contributed by atoms with Crippen LogP contribution in [-0.2, 0) is 18.4 Å². The first-order valence-electron chi connectivity index (χ1n) is 9.43. The molecule has 2 N–H and O–H groups in total. The van der Waals surface area contributed by atoms with Gasteiger partial charge in [0.25, 0.3) is 5.56 Å². The highest BCUT2D eigenvalue weighted by atomic mass is 35.5. The second-order valence-corrected chi connectivity index (χ2v) is 7.80. The predicted octanol–water partition coefficient (Wildman–Crippen LogP) is 4.19. The topological polar surface area (TPSA) is 83.0 Å². The maximum absolute atomic E-state index is 12.6. The van der Waals surface area contributed by atoms with Crippen molar-refractivity contribution in [2.24, 2.45) is 7.05 Å². The predicted molar refractivity (Wildman–Crippen MR) is 118 cm³/mol. The zero-order chi connectivity index (χ0) is 21.0. The van der Waals surface area contributed by atoms with E-state index < -0.39 is 0 Å². The molecule has 0 radical (unpaired) electrons. The van der Waals surface area contributed by atoms with E-state index in [1.54, 1.807) is 12.4 Å². The number of nitrogens with zero attached hydrogens (tertiary/aromatic N) is 3. The van der Waals surface area contributed by atoms with E-state index in [0.29, 0.717) is 22.8 Å². The molecule has 0 saturated heterocycles. The molecule has 0 bridgehead atoms. The molecule has 4 heterocycles. The number of hydrogen-bond acceptors (Lipinski definition) is 4. The molecule has 1 aromatic carbocycles. The normalized spacial score (nSPS) is 12.6. The third-order valence-electron chi connectivity index (χ3n) is 5.29. The summed E-state index contributed by atoms with van der Waals surface area (Å²) < 4.78 is 1.83. The fourth-order valence-electron chi connectivity index (χ4n) is 4.07. The molecule has 4 aromatic rings. The number of anilines is 3. The molecule has 8 heteroatoms. The van der Waals surface area contributed by atoms with Gasteiger partial charge >= 0.3 is 0 Å². The number of nitrogens with one attached hydrogen (secondary N) is 2. The van der Waals surface area contributed by atoms with Crippen molar-refractivity contribution in [1.29, 1.82) is 0 Å². The smallest absolute Gasteiger partial charge is 0.272 e. The van der Waals surface area contributed by atoms with Gasteiger partial charge in [0.1, 0.15) is 11.3 Å².